The maximum absolute atomic E-state index is 12.0. The third kappa shape index (κ3) is 2.92. The first-order valence-electron chi connectivity index (χ1n) is 6.18. The van der Waals surface area contributed by atoms with Gasteiger partial charge in [-0.15, -0.1) is 23.1 Å². The smallest absolute Gasteiger partial charge is 0.263 e. The summed E-state index contributed by atoms with van der Waals surface area (Å²) in [5, 5.41) is 7.37. The molecule has 1 amide bonds. The van der Waals surface area contributed by atoms with E-state index in [4.69, 9.17) is 5.73 Å². The van der Waals surface area contributed by atoms with Gasteiger partial charge in [0.05, 0.1) is 10.6 Å². The van der Waals surface area contributed by atoms with E-state index in [1.165, 1.54) is 24.2 Å². The number of thioether (sulfide) groups is 1. The SMILES string of the molecule is CCCNC(=O)c1sc(NC2CC2)c(SC)c1N. The standard InChI is InChI=1S/C12H19N3OS2/c1-3-6-14-11(16)9-8(13)10(17-2)12(18-9)15-7-4-5-7/h7,15H,3-6,13H2,1-2H3,(H,14,16). The average Bonchev–Trinajstić information content (AvgIpc) is 3.11. The normalized spacial score (nSPS) is 14.6. The molecule has 0 atom stereocenters. The van der Waals surface area contributed by atoms with Crippen LogP contribution in [0.2, 0.25) is 0 Å². The minimum atomic E-state index is -0.0569. The van der Waals surface area contributed by atoms with E-state index >= 15 is 0 Å². The molecule has 4 nitrogen and oxygen atoms in total. The molecule has 4 N–H and O–H groups in total. The molecule has 18 heavy (non-hydrogen) atoms. The van der Waals surface area contributed by atoms with Crippen molar-refractivity contribution in [2.75, 3.05) is 23.9 Å². The van der Waals surface area contributed by atoms with Crippen molar-refractivity contribution in [1.82, 2.24) is 5.32 Å². The lowest BCUT2D eigenvalue weighted by molar-refractivity contribution is 0.0958. The number of carbonyl (C=O) groups is 1. The van der Waals surface area contributed by atoms with E-state index in [1.54, 1.807) is 11.8 Å². The lowest BCUT2D eigenvalue weighted by atomic mass is 10.3. The Bertz CT molecular complexity index is 441. The predicted octanol–water partition coefficient (Wildman–Crippen LogP) is 2.77. The molecular formula is C12H19N3OS2. The summed E-state index contributed by atoms with van der Waals surface area (Å²) in [5.74, 6) is -0.0569. The van der Waals surface area contributed by atoms with Crippen LogP contribution in [0.3, 0.4) is 0 Å². The third-order valence-electron chi connectivity index (χ3n) is 2.76. The highest BCUT2D eigenvalue weighted by molar-refractivity contribution is 7.99. The Morgan fingerprint density at radius 1 is 1.56 bits per heavy atom. The number of hydrogen-bond acceptors (Lipinski definition) is 5. The molecule has 0 radical (unpaired) electrons. The monoisotopic (exact) mass is 285 g/mol. The van der Waals surface area contributed by atoms with Crippen LogP contribution < -0.4 is 16.4 Å². The molecule has 0 aromatic carbocycles. The molecule has 0 unspecified atom stereocenters. The maximum atomic E-state index is 12.0. The van der Waals surface area contributed by atoms with Crippen LogP contribution in [-0.2, 0) is 0 Å². The first kappa shape index (κ1) is 13.5. The molecule has 1 aliphatic carbocycles. The van der Waals surface area contributed by atoms with Gasteiger partial charge in [-0.25, -0.2) is 0 Å². The first-order chi connectivity index (χ1) is 8.67. The zero-order chi connectivity index (χ0) is 13.1. The zero-order valence-electron chi connectivity index (χ0n) is 10.7. The van der Waals surface area contributed by atoms with Crippen molar-refractivity contribution in [3.05, 3.63) is 4.88 Å². The third-order valence-corrected chi connectivity index (χ3v) is 4.86. The second kappa shape index (κ2) is 5.84. The summed E-state index contributed by atoms with van der Waals surface area (Å²) in [6.07, 6.45) is 5.34. The molecule has 0 saturated heterocycles. The van der Waals surface area contributed by atoms with E-state index < -0.39 is 0 Å². The molecule has 1 aromatic rings. The summed E-state index contributed by atoms with van der Waals surface area (Å²) >= 11 is 3.07. The first-order valence-corrected chi connectivity index (χ1v) is 8.22. The van der Waals surface area contributed by atoms with Crippen LogP contribution in [0.4, 0.5) is 10.7 Å². The van der Waals surface area contributed by atoms with Crippen LogP contribution in [0.1, 0.15) is 35.9 Å². The Balaban J connectivity index is 2.18. The fourth-order valence-corrected chi connectivity index (χ4v) is 3.64. The number of carbonyl (C=O) groups excluding carboxylic acids is 1. The summed E-state index contributed by atoms with van der Waals surface area (Å²) in [5.41, 5.74) is 6.69. The minimum Gasteiger partial charge on any atom is -0.396 e. The second-order valence-electron chi connectivity index (χ2n) is 4.38. The molecule has 1 fully saturated rings. The number of anilines is 2. The van der Waals surface area contributed by atoms with Gasteiger partial charge < -0.3 is 16.4 Å². The quantitative estimate of drug-likeness (QED) is 0.703. The van der Waals surface area contributed by atoms with E-state index in [9.17, 15) is 4.79 Å². The van der Waals surface area contributed by atoms with Crippen LogP contribution in [0.25, 0.3) is 0 Å². The van der Waals surface area contributed by atoms with E-state index in [-0.39, 0.29) is 5.91 Å². The highest BCUT2D eigenvalue weighted by Crippen LogP contribution is 2.43. The Labute approximate surface area is 116 Å². The van der Waals surface area contributed by atoms with Gasteiger partial charge in [0.2, 0.25) is 0 Å². The minimum absolute atomic E-state index is 0.0569. The Morgan fingerprint density at radius 2 is 2.28 bits per heavy atom. The fraction of sp³-hybridized carbons (Fsp3) is 0.583. The number of hydrogen-bond donors (Lipinski definition) is 3. The van der Waals surface area contributed by atoms with Crippen molar-refractivity contribution in [1.29, 1.82) is 0 Å². The molecule has 6 heteroatoms. The van der Waals surface area contributed by atoms with Gasteiger partial charge in [-0.05, 0) is 25.5 Å². The lowest BCUT2D eigenvalue weighted by Gasteiger charge is -2.03. The molecule has 2 rings (SSSR count). The van der Waals surface area contributed by atoms with E-state index in [2.05, 4.69) is 10.6 Å². The van der Waals surface area contributed by atoms with Crippen LogP contribution >= 0.6 is 23.1 Å². The van der Waals surface area contributed by atoms with Gasteiger partial charge in [0.1, 0.15) is 9.88 Å². The van der Waals surface area contributed by atoms with Gasteiger partial charge in [0, 0.05) is 12.6 Å². The van der Waals surface area contributed by atoms with Crippen molar-refractivity contribution in [2.45, 2.75) is 37.1 Å². The van der Waals surface area contributed by atoms with Crippen molar-refractivity contribution < 1.29 is 4.79 Å². The second-order valence-corrected chi connectivity index (χ2v) is 6.22. The van der Waals surface area contributed by atoms with E-state index in [0.717, 1.165) is 16.3 Å². The molecule has 0 aliphatic heterocycles. The van der Waals surface area contributed by atoms with Gasteiger partial charge in [-0.2, -0.15) is 0 Å². The molecule has 1 aliphatic rings. The lowest BCUT2D eigenvalue weighted by Crippen LogP contribution is -2.23. The zero-order valence-corrected chi connectivity index (χ0v) is 12.3. The summed E-state index contributed by atoms with van der Waals surface area (Å²) in [4.78, 5) is 13.6. The van der Waals surface area contributed by atoms with E-state index in [0.29, 0.717) is 23.2 Å². The molecule has 0 bridgehead atoms. The highest BCUT2D eigenvalue weighted by atomic mass is 32.2. The average molecular weight is 285 g/mol. The molecule has 1 saturated carbocycles. The van der Waals surface area contributed by atoms with Gasteiger partial charge in [-0.1, -0.05) is 6.92 Å². The summed E-state index contributed by atoms with van der Waals surface area (Å²) in [6, 6.07) is 0.570. The maximum Gasteiger partial charge on any atom is 0.263 e. The fourth-order valence-electron chi connectivity index (χ4n) is 1.63. The number of nitrogens with two attached hydrogens (primary N) is 1. The van der Waals surface area contributed by atoms with Gasteiger partial charge in [0.15, 0.2) is 0 Å². The van der Waals surface area contributed by atoms with Crippen molar-refractivity contribution >= 4 is 39.7 Å². The van der Waals surface area contributed by atoms with Crippen LogP contribution in [0, 0.1) is 0 Å². The number of nitrogens with one attached hydrogen (secondary N) is 2. The molecule has 0 spiro atoms. The Hall–Kier alpha value is -0.880. The number of nitrogen functional groups attached to an aromatic ring is 1. The van der Waals surface area contributed by atoms with Gasteiger partial charge in [-0.3, -0.25) is 4.79 Å². The molecular weight excluding hydrogens is 266 g/mol. The van der Waals surface area contributed by atoms with Crippen molar-refractivity contribution in [3.8, 4) is 0 Å². The Kier molecular flexibility index (Phi) is 4.40. The Morgan fingerprint density at radius 3 is 2.83 bits per heavy atom. The van der Waals surface area contributed by atoms with Crippen molar-refractivity contribution in [2.24, 2.45) is 0 Å². The number of amides is 1. The van der Waals surface area contributed by atoms with Gasteiger partial charge in [0.25, 0.3) is 5.91 Å². The summed E-state index contributed by atoms with van der Waals surface area (Å²) in [7, 11) is 0. The summed E-state index contributed by atoms with van der Waals surface area (Å²) in [6.45, 7) is 2.72. The molecule has 1 aromatic heterocycles. The predicted molar refractivity (Wildman–Crippen MR) is 79.8 cm³/mol. The molecule has 100 valence electrons. The van der Waals surface area contributed by atoms with Crippen molar-refractivity contribution in [3.63, 3.8) is 0 Å². The van der Waals surface area contributed by atoms with Crippen LogP contribution in [0.5, 0.6) is 0 Å². The largest absolute Gasteiger partial charge is 0.396 e. The number of rotatable bonds is 6. The van der Waals surface area contributed by atoms with E-state index in [1.807, 2.05) is 13.2 Å². The topological polar surface area (TPSA) is 67.2 Å². The van der Waals surface area contributed by atoms with Crippen LogP contribution in [0.15, 0.2) is 4.90 Å². The van der Waals surface area contributed by atoms with Gasteiger partial charge >= 0.3 is 0 Å². The highest BCUT2D eigenvalue weighted by Gasteiger charge is 2.26. The molecule has 1 heterocycles. The van der Waals surface area contributed by atoms with Crippen LogP contribution in [-0.4, -0.2) is 24.7 Å². The summed E-state index contributed by atoms with van der Waals surface area (Å²) < 4.78 is 0. The number of thiophene rings is 1.